The normalized spacial score (nSPS) is 10.9. The SMILES string of the molecule is CCCCCCCCOCn1c[n+](Cc2ccccc2)c2ccccc21.[Cl-]. The van der Waals surface area contributed by atoms with Crippen molar-refractivity contribution in [1.82, 2.24) is 4.57 Å². The molecule has 0 unspecified atom stereocenters. The highest BCUT2D eigenvalue weighted by molar-refractivity contribution is 5.71. The molecule has 0 atom stereocenters. The highest BCUT2D eigenvalue weighted by atomic mass is 35.5. The van der Waals surface area contributed by atoms with Gasteiger partial charge in [-0.25, -0.2) is 9.13 Å². The zero-order valence-corrected chi connectivity index (χ0v) is 17.1. The predicted octanol–water partition coefficient (Wildman–Crippen LogP) is 2.32. The number of nitrogens with zero attached hydrogens (tertiary/aromatic N) is 2. The van der Waals surface area contributed by atoms with Crippen molar-refractivity contribution in [2.75, 3.05) is 6.61 Å². The molecule has 0 aliphatic heterocycles. The lowest BCUT2D eigenvalue weighted by Gasteiger charge is -2.02. The molecular weight excluding hydrogens is 356 g/mol. The van der Waals surface area contributed by atoms with Gasteiger partial charge in [0.2, 0.25) is 6.33 Å². The fraction of sp³-hybridized carbons (Fsp3) is 0.435. The topological polar surface area (TPSA) is 18.0 Å². The molecular formula is C23H31ClN2O. The molecule has 0 radical (unpaired) electrons. The first-order valence-corrected chi connectivity index (χ1v) is 9.97. The van der Waals surface area contributed by atoms with Crippen LogP contribution in [0.5, 0.6) is 0 Å². The van der Waals surface area contributed by atoms with Gasteiger partial charge in [-0.15, -0.1) is 0 Å². The number of hydrogen-bond acceptors (Lipinski definition) is 1. The summed E-state index contributed by atoms with van der Waals surface area (Å²) >= 11 is 0. The Morgan fingerprint density at radius 3 is 2.37 bits per heavy atom. The molecule has 0 aliphatic rings. The lowest BCUT2D eigenvalue weighted by Crippen LogP contribution is -3.00. The predicted molar refractivity (Wildman–Crippen MR) is 107 cm³/mol. The van der Waals surface area contributed by atoms with Crippen molar-refractivity contribution in [3.05, 3.63) is 66.5 Å². The third kappa shape index (κ3) is 6.37. The van der Waals surface area contributed by atoms with Crippen molar-refractivity contribution in [2.24, 2.45) is 0 Å². The van der Waals surface area contributed by atoms with Gasteiger partial charge in [0.05, 0.1) is 6.61 Å². The van der Waals surface area contributed by atoms with Crippen molar-refractivity contribution in [2.45, 2.75) is 58.7 Å². The maximum atomic E-state index is 5.95. The Morgan fingerprint density at radius 2 is 1.56 bits per heavy atom. The molecule has 0 spiro atoms. The highest BCUT2D eigenvalue weighted by Gasteiger charge is 2.15. The summed E-state index contributed by atoms with van der Waals surface area (Å²) in [7, 11) is 0. The van der Waals surface area contributed by atoms with Crippen LogP contribution in [0.3, 0.4) is 0 Å². The van der Waals surface area contributed by atoms with Crippen LogP contribution in [0, 0.1) is 0 Å². The van der Waals surface area contributed by atoms with Crippen molar-refractivity contribution in [3.8, 4) is 0 Å². The smallest absolute Gasteiger partial charge is 0.246 e. The monoisotopic (exact) mass is 386 g/mol. The van der Waals surface area contributed by atoms with E-state index in [0.717, 1.165) is 19.6 Å². The van der Waals surface area contributed by atoms with E-state index in [9.17, 15) is 0 Å². The minimum absolute atomic E-state index is 0. The molecule has 4 heteroatoms. The average Bonchev–Trinajstić information content (AvgIpc) is 3.02. The first-order chi connectivity index (χ1) is 12.9. The van der Waals surface area contributed by atoms with Gasteiger partial charge in [-0.05, 0) is 24.1 Å². The van der Waals surface area contributed by atoms with Crippen LogP contribution < -0.4 is 17.0 Å². The lowest BCUT2D eigenvalue weighted by atomic mass is 10.1. The Hall–Kier alpha value is -1.84. The minimum Gasteiger partial charge on any atom is -1.00 e. The van der Waals surface area contributed by atoms with Crippen molar-refractivity contribution >= 4 is 11.0 Å². The maximum Gasteiger partial charge on any atom is 0.246 e. The third-order valence-corrected chi connectivity index (χ3v) is 4.85. The van der Waals surface area contributed by atoms with Gasteiger partial charge in [0.25, 0.3) is 0 Å². The molecule has 27 heavy (non-hydrogen) atoms. The van der Waals surface area contributed by atoms with Gasteiger partial charge in [0.15, 0.2) is 17.8 Å². The number of halogens is 1. The number of ether oxygens (including phenoxy) is 1. The van der Waals surface area contributed by atoms with Gasteiger partial charge >= 0.3 is 0 Å². The van der Waals surface area contributed by atoms with E-state index in [1.54, 1.807) is 0 Å². The minimum atomic E-state index is 0. The van der Waals surface area contributed by atoms with Crippen LogP contribution in [0.25, 0.3) is 11.0 Å². The van der Waals surface area contributed by atoms with Gasteiger partial charge in [-0.2, -0.15) is 0 Å². The van der Waals surface area contributed by atoms with Crippen LogP contribution in [0.4, 0.5) is 0 Å². The number of aromatic nitrogens is 2. The number of benzene rings is 2. The summed E-state index contributed by atoms with van der Waals surface area (Å²) in [6, 6.07) is 19.2. The molecule has 0 aliphatic carbocycles. The number of rotatable bonds is 11. The van der Waals surface area contributed by atoms with E-state index in [0.29, 0.717) is 6.73 Å². The molecule has 146 valence electrons. The Kier molecular flexibility index (Phi) is 9.37. The van der Waals surface area contributed by atoms with E-state index in [1.807, 2.05) is 0 Å². The quantitative estimate of drug-likeness (QED) is 0.365. The van der Waals surface area contributed by atoms with Gasteiger partial charge in [0, 0.05) is 0 Å². The second kappa shape index (κ2) is 11.8. The summed E-state index contributed by atoms with van der Waals surface area (Å²) in [6.45, 7) is 4.61. The number of para-hydroxylation sites is 2. The second-order valence-corrected chi connectivity index (χ2v) is 6.99. The molecule has 3 nitrogen and oxygen atoms in total. The molecule has 2 aromatic carbocycles. The van der Waals surface area contributed by atoms with E-state index >= 15 is 0 Å². The van der Waals surface area contributed by atoms with Crippen LogP contribution >= 0.6 is 0 Å². The number of imidazole rings is 1. The molecule has 3 rings (SSSR count). The summed E-state index contributed by atoms with van der Waals surface area (Å²) in [4.78, 5) is 0. The van der Waals surface area contributed by atoms with Crippen LogP contribution in [-0.2, 0) is 18.0 Å². The summed E-state index contributed by atoms with van der Waals surface area (Å²) < 4.78 is 10.5. The molecule has 0 N–H and O–H groups in total. The zero-order chi connectivity index (χ0) is 18.0. The standard InChI is InChI=1S/C23H31N2O.ClH/c1-2-3-4-5-6-12-17-26-20-25-19-24(18-21-13-8-7-9-14-21)22-15-10-11-16-23(22)25;/h7-11,13-16,19H,2-6,12,17-18,20H2,1H3;1H/q+1;/p-1. The summed E-state index contributed by atoms with van der Waals surface area (Å²) in [5.74, 6) is 0. The van der Waals surface area contributed by atoms with E-state index in [1.165, 1.54) is 48.7 Å². The van der Waals surface area contributed by atoms with Crippen molar-refractivity contribution < 1.29 is 21.7 Å². The van der Waals surface area contributed by atoms with Crippen molar-refractivity contribution in [3.63, 3.8) is 0 Å². The van der Waals surface area contributed by atoms with Gasteiger partial charge < -0.3 is 17.1 Å². The molecule has 0 amide bonds. The Labute approximate surface area is 169 Å². The van der Waals surface area contributed by atoms with Crippen LogP contribution in [0.2, 0.25) is 0 Å². The first kappa shape index (κ1) is 21.5. The third-order valence-electron chi connectivity index (χ3n) is 4.85. The van der Waals surface area contributed by atoms with E-state index in [2.05, 4.69) is 77.0 Å². The Morgan fingerprint density at radius 1 is 0.852 bits per heavy atom. The fourth-order valence-corrected chi connectivity index (χ4v) is 3.40. The largest absolute Gasteiger partial charge is 1.00 e. The van der Waals surface area contributed by atoms with Gasteiger partial charge in [-0.1, -0.05) is 81.5 Å². The Balaban J connectivity index is 0.00000261. The average molecular weight is 387 g/mol. The van der Waals surface area contributed by atoms with Crippen LogP contribution in [0.1, 0.15) is 51.0 Å². The lowest BCUT2D eigenvalue weighted by molar-refractivity contribution is -0.663. The molecule has 0 saturated heterocycles. The van der Waals surface area contributed by atoms with E-state index < -0.39 is 0 Å². The van der Waals surface area contributed by atoms with E-state index in [4.69, 9.17) is 4.74 Å². The molecule has 0 bridgehead atoms. The molecule has 0 fully saturated rings. The van der Waals surface area contributed by atoms with Crippen molar-refractivity contribution in [1.29, 1.82) is 0 Å². The summed E-state index contributed by atoms with van der Waals surface area (Å²) in [6.07, 6.45) is 9.98. The molecule has 0 saturated carbocycles. The zero-order valence-electron chi connectivity index (χ0n) is 16.3. The molecule has 1 heterocycles. The summed E-state index contributed by atoms with van der Waals surface area (Å²) in [5.41, 5.74) is 3.79. The highest BCUT2D eigenvalue weighted by Crippen LogP contribution is 2.12. The Bertz CT molecular complexity index is 785. The van der Waals surface area contributed by atoms with Gasteiger partial charge in [-0.3, -0.25) is 0 Å². The maximum absolute atomic E-state index is 5.95. The first-order valence-electron chi connectivity index (χ1n) is 9.97. The fourth-order valence-electron chi connectivity index (χ4n) is 3.40. The van der Waals surface area contributed by atoms with Crippen LogP contribution in [-0.4, -0.2) is 11.2 Å². The van der Waals surface area contributed by atoms with Crippen LogP contribution in [0.15, 0.2) is 60.9 Å². The number of fused-ring (bicyclic) bond motifs is 1. The van der Waals surface area contributed by atoms with Gasteiger partial charge in [0.1, 0.15) is 6.54 Å². The molecule has 1 aromatic heterocycles. The number of unbranched alkanes of at least 4 members (excludes halogenated alkanes) is 5. The number of hydrogen-bond donors (Lipinski definition) is 0. The van der Waals surface area contributed by atoms with E-state index in [-0.39, 0.29) is 12.4 Å². The summed E-state index contributed by atoms with van der Waals surface area (Å²) in [5, 5.41) is 0. The second-order valence-electron chi connectivity index (χ2n) is 6.99. The molecule has 3 aromatic rings.